The van der Waals surface area contributed by atoms with Crippen molar-refractivity contribution in [2.75, 3.05) is 65.0 Å². The number of morpholine rings is 2. The van der Waals surface area contributed by atoms with Gasteiger partial charge in [0.1, 0.15) is 11.5 Å². The maximum atomic E-state index is 13.6. The number of hydrogen-bond acceptors (Lipinski definition) is 9. The molecule has 1 aromatic heterocycles. The number of aliphatic imine (C=N–C) groups is 2. The zero-order chi connectivity index (χ0) is 20.6. The van der Waals surface area contributed by atoms with E-state index in [0.717, 1.165) is 13.1 Å². The predicted molar refractivity (Wildman–Crippen MR) is 105 cm³/mol. The first-order valence-electron chi connectivity index (χ1n) is 9.35. The Morgan fingerprint density at radius 1 is 1.21 bits per heavy atom. The first-order chi connectivity index (χ1) is 14.1. The lowest BCUT2D eigenvalue weighted by Crippen LogP contribution is -2.37. The van der Waals surface area contributed by atoms with Gasteiger partial charge in [0.25, 0.3) is 6.43 Å². The van der Waals surface area contributed by atoms with Crippen molar-refractivity contribution in [1.82, 2.24) is 19.8 Å². The summed E-state index contributed by atoms with van der Waals surface area (Å²) < 4.78 is 38.0. The van der Waals surface area contributed by atoms with Crippen LogP contribution in [0.1, 0.15) is 17.7 Å². The Bertz CT molecular complexity index is 761. The van der Waals surface area contributed by atoms with Crippen molar-refractivity contribution in [2.45, 2.75) is 6.43 Å². The highest BCUT2D eigenvalue weighted by atomic mass is 19.3. The highest BCUT2D eigenvalue weighted by Gasteiger charge is 2.21. The van der Waals surface area contributed by atoms with E-state index >= 15 is 0 Å². The number of allylic oxidation sites excluding steroid dienone is 1. The van der Waals surface area contributed by atoms with Crippen LogP contribution < -0.4 is 5.73 Å². The van der Waals surface area contributed by atoms with E-state index in [1.54, 1.807) is 6.08 Å². The molecule has 0 unspecified atom stereocenters. The van der Waals surface area contributed by atoms with Gasteiger partial charge in [-0.2, -0.15) is 0 Å². The second-order valence-corrected chi connectivity index (χ2v) is 6.50. The molecule has 29 heavy (non-hydrogen) atoms. The van der Waals surface area contributed by atoms with E-state index in [-0.39, 0.29) is 11.5 Å². The summed E-state index contributed by atoms with van der Waals surface area (Å²) in [5.41, 5.74) is 5.49. The smallest absolute Gasteiger partial charge is 0.281 e. The van der Waals surface area contributed by atoms with Crippen molar-refractivity contribution in [3.63, 3.8) is 0 Å². The molecule has 0 atom stereocenters. The maximum absolute atomic E-state index is 13.6. The van der Waals surface area contributed by atoms with E-state index in [9.17, 15) is 8.78 Å². The van der Waals surface area contributed by atoms with Gasteiger partial charge in [-0.25, -0.2) is 23.7 Å². The summed E-state index contributed by atoms with van der Waals surface area (Å²) in [4.78, 5) is 20.3. The minimum atomic E-state index is -2.82. The van der Waals surface area contributed by atoms with Crippen LogP contribution in [0.2, 0.25) is 0 Å². The number of rotatable bonds is 7. The number of nitrogens with two attached hydrogens (primary N) is 1. The quantitative estimate of drug-likeness (QED) is 0.669. The fraction of sp³-hybridized carbons (Fsp3) is 0.556. The summed E-state index contributed by atoms with van der Waals surface area (Å²) in [6.45, 7) is 8.98. The van der Waals surface area contributed by atoms with E-state index in [4.69, 9.17) is 15.2 Å². The van der Waals surface area contributed by atoms with E-state index in [2.05, 4.69) is 31.6 Å². The maximum Gasteiger partial charge on any atom is 0.281 e. The van der Waals surface area contributed by atoms with Gasteiger partial charge in [-0.3, -0.25) is 9.89 Å². The molecule has 158 valence electrons. The van der Waals surface area contributed by atoms with E-state index < -0.39 is 12.1 Å². The number of hydrogen-bond donors (Lipinski definition) is 1. The molecule has 0 bridgehead atoms. The summed E-state index contributed by atoms with van der Waals surface area (Å²) in [5, 5.41) is 0. The summed E-state index contributed by atoms with van der Waals surface area (Å²) in [7, 11) is 0. The van der Waals surface area contributed by atoms with Gasteiger partial charge in [-0.15, -0.1) is 0 Å². The molecule has 3 heterocycles. The van der Waals surface area contributed by atoms with Crippen LogP contribution >= 0.6 is 0 Å². The fourth-order valence-electron chi connectivity index (χ4n) is 3.05. The summed E-state index contributed by atoms with van der Waals surface area (Å²) in [6.07, 6.45) is 0.0960. The lowest BCUT2D eigenvalue weighted by Gasteiger charge is -2.29. The molecule has 2 N–H and O–H groups in total. The van der Waals surface area contributed by atoms with Crippen LogP contribution in [0.5, 0.6) is 0 Å². The Kier molecular flexibility index (Phi) is 7.55. The summed E-state index contributed by atoms with van der Waals surface area (Å²) in [5.74, 6) is 0.321. The molecule has 0 radical (unpaired) electrons. The monoisotopic (exact) mass is 409 g/mol. The van der Waals surface area contributed by atoms with Crippen molar-refractivity contribution < 1.29 is 18.3 Å². The highest BCUT2D eigenvalue weighted by molar-refractivity contribution is 6.09. The molecule has 11 heteroatoms. The molecule has 0 aliphatic carbocycles. The minimum Gasteiger partial charge on any atom is -0.379 e. The van der Waals surface area contributed by atoms with Crippen LogP contribution in [0.3, 0.4) is 0 Å². The third-order valence-electron chi connectivity index (χ3n) is 4.63. The van der Waals surface area contributed by atoms with Crippen LogP contribution in [-0.2, 0) is 9.47 Å². The van der Waals surface area contributed by atoms with Gasteiger partial charge in [-0.1, -0.05) is 0 Å². The number of alkyl halides is 2. The molecule has 0 spiro atoms. The SMILES string of the molecule is C=N/C(=C\C(=N/CN1CCOCC1)c1cnc(N)nc1C(F)F)N1CCOCC1. The number of nitrogen functional groups attached to an aromatic ring is 1. The van der Waals surface area contributed by atoms with Gasteiger partial charge in [0.2, 0.25) is 5.95 Å². The van der Waals surface area contributed by atoms with Gasteiger partial charge < -0.3 is 20.1 Å². The Morgan fingerprint density at radius 3 is 2.48 bits per heavy atom. The topological polar surface area (TPSA) is 101 Å². The van der Waals surface area contributed by atoms with E-state index in [1.807, 2.05) is 4.90 Å². The summed E-state index contributed by atoms with van der Waals surface area (Å²) >= 11 is 0. The van der Waals surface area contributed by atoms with Gasteiger partial charge in [0, 0.05) is 44.0 Å². The first-order valence-corrected chi connectivity index (χ1v) is 9.35. The second kappa shape index (κ2) is 10.3. The largest absolute Gasteiger partial charge is 0.379 e. The molecule has 0 saturated carbocycles. The average molecular weight is 409 g/mol. The molecule has 9 nitrogen and oxygen atoms in total. The number of nitrogens with zero attached hydrogens (tertiary/aromatic N) is 6. The Hall–Kier alpha value is -2.50. The van der Waals surface area contributed by atoms with Crippen LogP contribution in [0.15, 0.2) is 28.1 Å². The number of ether oxygens (including phenoxy) is 2. The molecule has 2 saturated heterocycles. The van der Waals surface area contributed by atoms with Crippen molar-refractivity contribution >= 4 is 18.4 Å². The molecular formula is C18H25F2N7O2. The molecule has 0 amide bonds. The van der Waals surface area contributed by atoms with Crippen LogP contribution in [-0.4, -0.2) is 91.5 Å². The Labute approximate surface area is 167 Å². The lowest BCUT2D eigenvalue weighted by molar-refractivity contribution is 0.0394. The third-order valence-corrected chi connectivity index (χ3v) is 4.63. The normalized spacial score (nSPS) is 19.6. The minimum absolute atomic E-state index is 0.122. The average Bonchev–Trinajstić information content (AvgIpc) is 2.75. The van der Waals surface area contributed by atoms with Crippen molar-refractivity contribution in [2.24, 2.45) is 9.98 Å². The number of anilines is 1. The standard InChI is InChI=1S/C18H25F2N7O2/c1-22-15(27-4-8-29-9-5-27)10-14(24-12-26-2-6-28-7-3-26)13-11-23-18(21)25-16(13)17(19)20/h10-11,17H,1-9,12H2,(H2,21,23,25)/b15-10+,24-14+. The molecule has 2 aliphatic heterocycles. The second-order valence-electron chi connectivity index (χ2n) is 6.50. The fourth-order valence-corrected chi connectivity index (χ4v) is 3.05. The number of aromatic nitrogens is 2. The summed E-state index contributed by atoms with van der Waals surface area (Å²) in [6, 6.07) is 0. The molecule has 2 aliphatic rings. The van der Waals surface area contributed by atoms with Gasteiger partial charge in [0.15, 0.2) is 0 Å². The zero-order valence-corrected chi connectivity index (χ0v) is 16.1. The van der Waals surface area contributed by atoms with Crippen LogP contribution in [0.25, 0.3) is 0 Å². The zero-order valence-electron chi connectivity index (χ0n) is 16.1. The van der Waals surface area contributed by atoms with Crippen LogP contribution in [0.4, 0.5) is 14.7 Å². The van der Waals surface area contributed by atoms with Crippen LogP contribution in [0, 0.1) is 0 Å². The van der Waals surface area contributed by atoms with Crippen molar-refractivity contribution in [3.8, 4) is 0 Å². The predicted octanol–water partition coefficient (Wildman–Crippen LogP) is 0.949. The molecule has 1 aromatic rings. The van der Waals surface area contributed by atoms with Gasteiger partial charge in [-0.05, 0) is 6.72 Å². The van der Waals surface area contributed by atoms with Gasteiger partial charge >= 0.3 is 0 Å². The van der Waals surface area contributed by atoms with E-state index in [1.165, 1.54) is 6.20 Å². The number of halogens is 2. The molecule has 2 fully saturated rings. The first kappa shape index (κ1) is 21.2. The Balaban J connectivity index is 1.97. The van der Waals surface area contributed by atoms with Crippen molar-refractivity contribution in [3.05, 3.63) is 29.4 Å². The molecule has 3 rings (SSSR count). The van der Waals surface area contributed by atoms with Gasteiger partial charge in [0.05, 0.1) is 38.8 Å². The molecular weight excluding hydrogens is 384 g/mol. The van der Waals surface area contributed by atoms with E-state index in [0.29, 0.717) is 57.7 Å². The lowest BCUT2D eigenvalue weighted by atomic mass is 10.1. The highest BCUT2D eigenvalue weighted by Crippen LogP contribution is 2.23. The molecule has 0 aromatic carbocycles. The Morgan fingerprint density at radius 2 is 1.86 bits per heavy atom. The third kappa shape index (κ3) is 5.75. The van der Waals surface area contributed by atoms with Crippen molar-refractivity contribution in [1.29, 1.82) is 0 Å².